The molecule has 1 saturated heterocycles. The van der Waals surface area contributed by atoms with E-state index in [2.05, 4.69) is 10.00 Å². The van der Waals surface area contributed by atoms with Gasteiger partial charge in [-0.2, -0.15) is 5.10 Å². The molecule has 9 nitrogen and oxygen atoms in total. The number of hydrogen-bond donors (Lipinski definition) is 1. The summed E-state index contributed by atoms with van der Waals surface area (Å²) in [5.74, 6) is 2.00. The van der Waals surface area contributed by atoms with E-state index in [1.54, 1.807) is 12.0 Å². The van der Waals surface area contributed by atoms with Gasteiger partial charge in [0.15, 0.2) is 11.5 Å². The van der Waals surface area contributed by atoms with Gasteiger partial charge < -0.3 is 24.2 Å². The van der Waals surface area contributed by atoms with Crippen LogP contribution in [0.25, 0.3) is 0 Å². The third-order valence-corrected chi connectivity index (χ3v) is 6.85. The topological polar surface area (TPSA) is 89.3 Å². The number of ether oxygens (including phenoxy) is 3. The van der Waals surface area contributed by atoms with Crippen LogP contribution in [0.4, 0.5) is 0 Å². The number of aliphatic hydroxyl groups is 1. The molecular formula is C30H40N4O5. The van der Waals surface area contributed by atoms with Crippen molar-refractivity contribution >= 4 is 5.91 Å². The van der Waals surface area contributed by atoms with E-state index in [1.807, 2.05) is 73.4 Å². The Balaban J connectivity index is 1.41. The van der Waals surface area contributed by atoms with Crippen LogP contribution in [-0.2, 0) is 17.9 Å². The minimum atomic E-state index is -1.22. The van der Waals surface area contributed by atoms with Crippen LogP contribution in [-0.4, -0.2) is 82.7 Å². The maximum absolute atomic E-state index is 12.3. The number of benzene rings is 2. The summed E-state index contributed by atoms with van der Waals surface area (Å²) in [4.78, 5) is 16.1. The summed E-state index contributed by atoms with van der Waals surface area (Å²) in [7, 11) is 1.63. The monoisotopic (exact) mass is 536 g/mol. The third-order valence-electron chi connectivity index (χ3n) is 6.85. The summed E-state index contributed by atoms with van der Waals surface area (Å²) in [5.41, 5.74) is 2.09. The lowest BCUT2D eigenvalue weighted by Gasteiger charge is -2.32. The molecule has 2 heterocycles. The van der Waals surface area contributed by atoms with E-state index in [0.717, 1.165) is 29.7 Å². The highest BCUT2D eigenvalue weighted by atomic mass is 16.5. The number of carbonyl (C=O) groups excluding carboxylic acids is 1. The minimum absolute atomic E-state index is 0.0592. The lowest BCUT2D eigenvalue weighted by molar-refractivity contribution is -0.132. The van der Waals surface area contributed by atoms with Gasteiger partial charge in [0, 0.05) is 52.3 Å². The van der Waals surface area contributed by atoms with E-state index in [-0.39, 0.29) is 19.1 Å². The first-order chi connectivity index (χ1) is 18.7. The number of β-amino-alcohol motifs (C(OH)–C–C–N with tert-alkyl or cyclic N) is 1. The molecule has 0 saturated carbocycles. The number of hydrogen-bond acceptors (Lipinski definition) is 7. The minimum Gasteiger partial charge on any atom is -0.493 e. The standard InChI is InChI=1S/C30H40N4O5/c1-23-6-9-27(10-7-23)39-22-30(36)20-32(13-14-33(21-30)25(3)35)19-26-8-11-28(37-4)29(16-26)38-15-5-12-34-18-24(2)17-31-34/h6-11,16-18,36H,5,12-15,19-22H2,1-4H3. The molecule has 1 amide bonds. The molecule has 0 aliphatic carbocycles. The van der Waals surface area contributed by atoms with Gasteiger partial charge in [0.05, 0.1) is 26.5 Å². The first-order valence-electron chi connectivity index (χ1n) is 13.4. The van der Waals surface area contributed by atoms with Crippen molar-refractivity contribution in [2.24, 2.45) is 0 Å². The van der Waals surface area contributed by atoms with Crippen LogP contribution < -0.4 is 14.2 Å². The molecule has 1 aromatic heterocycles. The summed E-state index contributed by atoms with van der Waals surface area (Å²) in [6.07, 6.45) is 4.68. The van der Waals surface area contributed by atoms with Gasteiger partial charge in [-0.15, -0.1) is 0 Å². The number of rotatable bonds is 11. The Morgan fingerprint density at radius 1 is 1.03 bits per heavy atom. The van der Waals surface area contributed by atoms with E-state index in [4.69, 9.17) is 14.2 Å². The van der Waals surface area contributed by atoms with Crippen molar-refractivity contribution in [3.63, 3.8) is 0 Å². The van der Waals surface area contributed by atoms with Crippen molar-refractivity contribution in [2.45, 2.75) is 45.9 Å². The van der Waals surface area contributed by atoms with Crippen molar-refractivity contribution < 1.29 is 24.1 Å². The Labute approximate surface area is 230 Å². The van der Waals surface area contributed by atoms with Crippen molar-refractivity contribution in [3.05, 3.63) is 71.5 Å². The van der Waals surface area contributed by atoms with Gasteiger partial charge in [0.2, 0.25) is 5.91 Å². The average Bonchev–Trinajstić information content (AvgIpc) is 3.25. The summed E-state index contributed by atoms with van der Waals surface area (Å²) >= 11 is 0. The fraction of sp³-hybridized carbons (Fsp3) is 0.467. The van der Waals surface area contributed by atoms with Crippen LogP contribution in [0.15, 0.2) is 54.9 Å². The predicted octanol–water partition coefficient (Wildman–Crippen LogP) is 3.45. The highest BCUT2D eigenvalue weighted by Crippen LogP contribution is 2.29. The fourth-order valence-electron chi connectivity index (χ4n) is 4.78. The molecule has 1 N–H and O–H groups in total. The first-order valence-corrected chi connectivity index (χ1v) is 13.4. The van der Waals surface area contributed by atoms with Gasteiger partial charge in [-0.25, -0.2) is 0 Å². The van der Waals surface area contributed by atoms with Crippen molar-refractivity contribution in [2.75, 3.05) is 46.5 Å². The molecule has 4 rings (SSSR count). The molecule has 1 unspecified atom stereocenters. The maximum atomic E-state index is 12.3. The fourth-order valence-corrected chi connectivity index (χ4v) is 4.78. The molecule has 0 spiro atoms. The van der Waals surface area contributed by atoms with E-state index >= 15 is 0 Å². The van der Waals surface area contributed by atoms with E-state index in [9.17, 15) is 9.90 Å². The van der Waals surface area contributed by atoms with Crippen LogP contribution >= 0.6 is 0 Å². The molecule has 1 atom stereocenters. The second-order valence-electron chi connectivity index (χ2n) is 10.4. The molecule has 3 aromatic rings. The highest BCUT2D eigenvalue weighted by molar-refractivity contribution is 5.73. The van der Waals surface area contributed by atoms with Gasteiger partial charge in [0.25, 0.3) is 0 Å². The zero-order valence-corrected chi connectivity index (χ0v) is 23.4. The zero-order valence-electron chi connectivity index (χ0n) is 23.4. The molecule has 1 fully saturated rings. The highest BCUT2D eigenvalue weighted by Gasteiger charge is 2.37. The summed E-state index contributed by atoms with van der Waals surface area (Å²) in [6, 6.07) is 13.6. The molecule has 0 bridgehead atoms. The largest absolute Gasteiger partial charge is 0.493 e. The summed E-state index contributed by atoms with van der Waals surface area (Å²) < 4.78 is 19.5. The molecule has 39 heavy (non-hydrogen) atoms. The Hall–Kier alpha value is -3.56. The number of nitrogens with zero attached hydrogens (tertiary/aromatic N) is 4. The van der Waals surface area contributed by atoms with Gasteiger partial charge in [-0.05, 0) is 49.2 Å². The Kier molecular flexibility index (Phi) is 9.48. The number of amides is 1. The van der Waals surface area contributed by atoms with Gasteiger partial charge in [-0.3, -0.25) is 14.4 Å². The van der Waals surface area contributed by atoms with Crippen molar-refractivity contribution in [1.82, 2.24) is 19.6 Å². The maximum Gasteiger partial charge on any atom is 0.219 e. The van der Waals surface area contributed by atoms with Crippen molar-refractivity contribution in [1.29, 1.82) is 0 Å². The quantitative estimate of drug-likeness (QED) is 0.376. The van der Waals surface area contributed by atoms with Gasteiger partial charge in [0.1, 0.15) is 18.0 Å². The molecule has 9 heteroatoms. The molecule has 210 valence electrons. The number of aromatic nitrogens is 2. The van der Waals surface area contributed by atoms with Gasteiger partial charge in [-0.1, -0.05) is 23.8 Å². The average molecular weight is 537 g/mol. The SMILES string of the molecule is COc1ccc(CN2CCN(C(C)=O)CC(O)(COc3ccc(C)cc3)C2)cc1OCCCn1cc(C)cn1. The van der Waals surface area contributed by atoms with E-state index in [0.29, 0.717) is 50.0 Å². The number of aryl methyl sites for hydroxylation is 3. The lowest BCUT2D eigenvalue weighted by Crippen LogP contribution is -2.51. The Bertz CT molecular complexity index is 1230. The molecule has 2 aromatic carbocycles. The van der Waals surface area contributed by atoms with Gasteiger partial charge >= 0.3 is 0 Å². The molecule has 1 aliphatic heterocycles. The number of carbonyl (C=O) groups is 1. The van der Waals surface area contributed by atoms with Crippen LogP contribution in [0.3, 0.4) is 0 Å². The summed E-state index contributed by atoms with van der Waals surface area (Å²) in [5, 5.41) is 15.9. The van der Waals surface area contributed by atoms with Crippen LogP contribution in [0.1, 0.15) is 30.0 Å². The second-order valence-corrected chi connectivity index (χ2v) is 10.4. The third kappa shape index (κ3) is 8.21. The Morgan fingerprint density at radius 3 is 2.51 bits per heavy atom. The predicted molar refractivity (Wildman–Crippen MR) is 149 cm³/mol. The lowest BCUT2D eigenvalue weighted by atomic mass is 10.0. The van der Waals surface area contributed by atoms with Crippen LogP contribution in [0.5, 0.6) is 17.2 Å². The molecule has 1 aliphatic rings. The van der Waals surface area contributed by atoms with E-state index < -0.39 is 5.60 Å². The Morgan fingerprint density at radius 2 is 1.82 bits per heavy atom. The smallest absolute Gasteiger partial charge is 0.219 e. The van der Waals surface area contributed by atoms with Crippen LogP contribution in [0.2, 0.25) is 0 Å². The van der Waals surface area contributed by atoms with Crippen LogP contribution in [0, 0.1) is 13.8 Å². The zero-order chi connectivity index (χ0) is 27.8. The van der Waals surface area contributed by atoms with Crippen molar-refractivity contribution in [3.8, 4) is 17.2 Å². The molecular weight excluding hydrogens is 496 g/mol. The second kappa shape index (κ2) is 13.0. The summed E-state index contributed by atoms with van der Waals surface area (Å²) in [6.45, 7) is 9.33. The van der Waals surface area contributed by atoms with E-state index in [1.165, 1.54) is 6.92 Å². The molecule has 0 radical (unpaired) electrons. The number of methoxy groups -OCH3 is 1. The normalized spacial score (nSPS) is 18.0. The first kappa shape index (κ1) is 28.4.